The van der Waals surface area contributed by atoms with Gasteiger partial charge in [0.25, 0.3) is 11.6 Å². The first-order valence-corrected chi connectivity index (χ1v) is 6.45. The lowest BCUT2D eigenvalue weighted by atomic mass is 9.85. The van der Waals surface area contributed by atoms with Crippen LogP contribution >= 0.6 is 0 Å². The molecule has 1 aromatic carbocycles. The van der Waals surface area contributed by atoms with Gasteiger partial charge in [-0.25, -0.2) is 0 Å². The normalized spacial score (nSPS) is 11.2. The molecule has 6 nitrogen and oxygen atoms in total. The lowest BCUT2D eigenvalue weighted by molar-refractivity contribution is -0.386. The number of rotatable bonds is 5. The zero-order valence-electron chi connectivity index (χ0n) is 12.0. The van der Waals surface area contributed by atoms with Crippen LogP contribution in [0.1, 0.15) is 43.1 Å². The molecule has 0 heterocycles. The number of aliphatic hydroxyl groups excluding tert-OH is 1. The standard InChI is InChI=1S/C14H20N2O4/c1-14(2,3)11-6-5-10(9-12(11)16(19)20)13(18)15-7-4-8-17/h5-6,9,17H,4,7-8H2,1-3H3,(H,15,18). The number of nitro benzene ring substituents is 1. The molecule has 0 radical (unpaired) electrons. The average Bonchev–Trinajstić information content (AvgIpc) is 2.37. The van der Waals surface area contributed by atoms with E-state index in [0.717, 1.165) is 0 Å². The van der Waals surface area contributed by atoms with Crippen LogP contribution < -0.4 is 5.32 Å². The fraction of sp³-hybridized carbons (Fsp3) is 0.500. The lowest BCUT2D eigenvalue weighted by Crippen LogP contribution is -2.25. The molecule has 0 spiro atoms. The Balaban J connectivity index is 3.05. The minimum Gasteiger partial charge on any atom is -0.396 e. The molecule has 2 N–H and O–H groups in total. The van der Waals surface area contributed by atoms with Gasteiger partial charge in [0.05, 0.1) is 4.92 Å². The highest BCUT2D eigenvalue weighted by Crippen LogP contribution is 2.31. The highest BCUT2D eigenvalue weighted by Gasteiger charge is 2.25. The van der Waals surface area contributed by atoms with Crippen molar-refractivity contribution in [2.75, 3.05) is 13.2 Å². The van der Waals surface area contributed by atoms with Crippen molar-refractivity contribution in [1.29, 1.82) is 0 Å². The first kappa shape index (κ1) is 16.1. The summed E-state index contributed by atoms with van der Waals surface area (Å²) in [6.07, 6.45) is 0.452. The summed E-state index contributed by atoms with van der Waals surface area (Å²) in [5.41, 5.74) is 0.429. The van der Waals surface area contributed by atoms with E-state index in [1.54, 1.807) is 12.1 Å². The van der Waals surface area contributed by atoms with Crippen molar-refractivity contribution in [2.24, 2.45) is 0 Å². The van der Waals surface area contributed by atoms with E-state index in [1.165, 1.54) is 6.07 Å². The number of nitro groups is 1. The predicted octanol–water partition coefficient (Wildman–Crippen LogP) is 2.00. The second-order valence-corrected chi connectivity index (χ2v) is 5.57. The molecule has 6 heteroatoms. The Morgan fingerprint density at radius 3 is 2.55 bits per heavy atom. The molecule has 1 aromatic rings. The fourth-order valence-electron chi connectivity index (χ4n) is 1.84. The van der Waals surface area contributed by atoms with Crippen LogP contribution in [0.4, 0.5) is 5.69 Å². The minimum absolute atomic E-state index is 0.0105. The summed E-state index contributed by atoms with van der Waals surface area (Å²) in [7, 11) is 0. The molecule has 0 bridgehead atoms. The summed E-state index contributed by atoms with van der Waals surface area (Å²) >= 11 is 0. The molecule has 0 aliphatic carbocycles. The molecule has 1 rings (SSSR count). The number of carbonyl (C=O) groups excluding carboxylic acids is 1. The molecule has 0 aliphatic heterocycles. The van der Waals surface area contributed by atoms with Gasteiger partial charge in [-0.1, -0.05) is 26.8 Å². The maximum absolute atomic E-state index is 11.8. The van der Waals surface area contributed by atoms with Gasteiger partial charge in [0.15, 0.2) is 0 Å². The fourth-order valence-corrected chi connectivity index (χ4v) is 1.84. The van der Waals surface area contributed by atoms with E-state index in [4.69, 9.17) is 5.11 Å². The van der Waals surface area contributed by atoms with Crippen LogP contribution in [0.25, 0.3) is 0 Å². The monoisotopic (exact) mass is 280 g/mol. The van der Waals surface area contributed by atoms with Crippen molar-refractivity contribution in [3.63, 3.8) is 0 Å². The molecule has 0 unspecified atom stereocenters. The smallest absolute Gasteiger partial charge is 0.273 e. The molecule has 0 aliphatic rings. The van der Waals surface area contributed by atoms with Crippen LogP contribution in [-0.4, -0.2) is 29.1 Å². The van der Waals surface area contributed by atoms with Gasteiger partial charge in [-0.15, -0.1) is 0 Å². The number of benzene rings is 1. The van der Waals surface area contributed by atoms with Crippen molar-refractivity contribution >= 4 is 11.6 Å². The Morgan fingerprint density at radius 1 is 1.40 bits per heavy atom. The van der Waals surface area contributed by atoms with Crippen molar-refractivity contribution in [3.8, 4) is 0 Å². The third kappa shape index (κ3) is 4.03. The number of hydrogen-bond donors (Lipinski definition) is 2. The van der Waals surface area contributed by atoms with E-state index in [2.05, 4.69) is 5.32 Å². The summed E-state index contributed by atoms with van der Waals surface area (Å²) < 4.78 is 0. The Bertz CT molecular complexity index is 506. The average molecular weight is 280 g/mol. The van der Waals surface area contributed by atoms with Gasteiger partial charge in [0.1, 0.15) is 0 Å². The van der Waals surface area contributed by atoms with Crippen molar-refractivity contribution in [2.45, 2.75) is 32.6 Å². The third-order valence-corrected chi connectivity index (χ3v) is 2.89. The van der Waals surface area contributed by atoms with Crippen LogP contribution in [0.3, 0.4) is 0 Å². The minimum atomic E-state index is -0.467. The summed E-state index contributed by atoms with van der Waals surface area (Å²) in [6.45, 7) is 5.98. The van der Waals surface area contributed by atoms with Gasteiger partial charge in [0, 0.05) is 30.3 Å². The summed E-state index contributed by atoms with van der Waals surface area (Å²) in [4.78, 5) is 22.5. The van der Waals surface area contributed by atoms with Gasteiger partial charge >= 0.3 is 0 Å². The second-order valence-electron chi connectivity index (χ2n) is 5.57. The molecular formula is C14H20N2O4. The van der Waals surface area contributed by atoms with Crippen LogP contribution in [0, 0.1) is 10.1 Å². The number of carbonyl (C=O) groups is 1. The Labute approximate surface area is 118 Å². The van der Waals surface area contributed by atoms with Crippen LogP contribution in [0.2, 0.25) is 0 Å². The Hall–Kier alpha value is -1.95. The SMILES string of the molecule is CC(C)(C)c1ccc(C(=O)NCCCO)cc1[N+](=O)[O-]. The molecular weight excluding hydrogens is 260 g/mol. The third-order valence-electron chi connectivity index (χ3n) is 2.89. The van der Waals surface area contributed by atoms with Gasteiger partial charge < -0.3 is 10.4 Å². The number of amides is 1. The first-order valence-electron chi connectivity index (χ1n) is 6.45. The van der Waals surface area contributed by atoms with E-state index < -0.39 is 4.92 Å². The molecule has 20 heavy (non-hydrogen) atoms. The highest BCUT2D eigenvalue weighted by atomic mass is 16.6. The van der Waals surface area contributed by atoms with Crippen LogP contribution in [0.5, 0.6) is 0 Å². The van der Waals surface area contributed by atoms with Gasteiger partial charge in [-0.05, 0) is 17.9 Å². The predicted molar refractivity (Wildman–Crippen MR) is 75.8 cm³/mol. The van der Waals surface area contributed by atoms with Crippen molar-refractivity contribution < 1.29 is 14.8 Å². The molecule has 0 saturated carbocycles. The molecule has 0 fully saturated rings. The summed E-state index contributed by atoms with van der Waals surface area (Å²) in [6, 6.07) is 4.51. The zero-order chi connectivity index (χ0) is 15.3. The van der Waals surface area contributed by atoms with E-state index in [1.807, 2.05) is 20.8 Å². The van der Waals surface area contributed by atoms with Crippen molar-refractivity contribution in [1.82, 2.24) is 5.32 Å². The van der Waals surface area contributed by atoms with E-state index in [9.17, 15) is 14.9 Å². The summed E-state index contributed by atoms with van der Waals surface area (Å²) in [5.74, 6) is -0.373. The van der Waals surface area contributed by atoms with E-state index in [0.29, 0.717) is 18.5 Å². The van der Waals surface area contributed by atoms with Crippen LogP contribution in [-0.2, 0) is 5.41 Å². The number of nitrogens with zero attached hydrogens (tertiary/aromatic N) is 1. The Morgan fingerprint density at radius 2 is 2.05 bits per heavy atom. The second kappa shape index (κ2) is 6.47. The molecule has 0 atom stereocenters. The maximum atomic E-state index is 11.8. The Kier molecular flexibility index (Phi) is 5.21. The van der Waals surface area contributed by atoms with Gasteiger partial charge in [0.2, 0.25) is 0 Å². The number of aliphatic hydroxyl groups is 1. The zero-order valence-corrected chi connectivity index (χ0v) is 12.0. The number of nitrogens with one attached hydrogen (secondary N) is 1. The lowest BCUT2D eigenvalue weighted by Gasteiger charge is -2.19. The largest absolute Gasteiger partial charge is 0.396 e. The molecule has 0 aromatic heterocycles. The first-order chi connectivity index (χ1) is 9.27. The topological polar surface area (TPSA) is 92.5 Å². The quantitative estimate of drug-likeness (QED) is 0.490. The highest BCUT2D eigenvalue weighted by molar-refractivity contribution is 5.95. The maximum Gasteiger partial charge on any atom is 0.273 e. The van der Waals surface area contributed by atoms with E-state index >= 15 is 0 Å². The van der Waals surface area contributed by atoms with Crippen LogP contribution in [0.15, 0.2) is 18.2 Å². The molecule has 1 amide bonds. The van der Waals surface area contributed by atoms with E-state index in [-0.39, 0.29) is 29.2 Å². The molecule has 0 saturated heterocycles. The number of hydrogen-bond acceptors (Lipinski definition) is 4. The molecule has 110 valence electrons. The van der Waals surface area contributed by atoms with Crippen molar-refractivity contribution in [3.05, 3.63) is 39.4 Å². The van der Waals surface area contributed by atoms with Gasteiger partial charge in [-0.2, -0.15) is 0 Å². The summed E-state index contributed by atoms with van der Waals surface area (Å²) in [5, 5.41) is 22.4. The van der Waals surface area contributed by atoms with Gasteiger partial charge in [-0.3, -0.25) is 14.9 Å².